The van der Waals surface area contributed by atoms with Crippen LogP contribution < -0.4 is 0 Å². The summed E-state index contributed by atoms with van der Waals surface area (Å²) >= 11 is 0. The van der Waals surface area contributed by atoms with Gasteiger partial charge >= 0.3 is 0 Å². The van der Waals surface area contributed by atoms with Crippen LogP contribution in [0.3, 0.4) is 0 Å². The number of ether oxygens (including phenoxy) is 1. The normalized spacial score (nSPS) is 37.5. The van der Waals surface area contributed by atoms with Crippen molar-refractivity contribution in [2.75, 3.05) is 39.5 Å². The highest BCUT2D eigenvalue weighted by atomic mass is 16.7. The monoisotopic (exact) mass is 308 g/mol. The van der Waals surface area contributed by atoms with Crippen LogP contribution in [0.1, 0.15) is 38.5 Å². The maximum absolute atomic E-state index is 12.8. The van der Waals surface area contributed by atoms with Crippen LogP contribution in [0.2, 0.25) is 0 Å². The molecule has 3 heterocycles. The number of carbonyl (C=O) groups is 1. The maximum atomic E-state index is 12.8. The van der Waals surface area contributed by atoms with Gasteiger partial charge in [0.2, 0.25) is 0 Å². The molecule has 0 aromatic carbocycles. The van der Waals surface area contributed by atoms with Crippen molar-refractivity contribution in [3.63, 3.8) is 0 Å². The number of hydrogen-bond donors (Lipinski definition) is 0. The lowest BCUT2D eigenvalue weighted by molar-refractivity contribution is -0.207. The SMILES string of the molecule is O=C([C@H]1COC[C@H]2CN(C3CCCC3)C[C@H]21)N1CCCCO1. The highest BCUT2D eigenvalue weighted by molar-refractivity contribution is 5.78. The first-order valence-corrected chi connectivity index (χ1v) is 9.09. The standard InChI is InChI=1S/C17H28N2O3/c20-17(19-7-3-4-8-22-19)16-12-21-11-13-9-18(10-15(13)16)14-5-1-2-6-14/h13-16H,1-12H2/t13-,15-,16+/m1/s1. The van der Waals surface area contributed by atoms with Gasteiger partial charge in [-0.25, -0.2) is 5.06 Å². The Morgan fingerprint density at radius 2 is 1.86 bits per heavy atom. The second-order valence-corrected chi connectivity index (χ2v) is 7.44. The third-order valence-corrected chi connectivity index (χ3v) is 6.07. The summed E-state index contributed by atoms with van der Waals surface area (Å²) in [6.45, 7) is 5.06. The topological polar surface area (TPSA) is 42.0 Å². The molecule has 3 aliphatic heterocycles. The Labute approximate surface area is 132 Å². The fourth-order valence-corrected chi connectivity index (χ4v) is 4.81. The van der Waals surface area contributed by atoms with E-state index in [-0.39, 0.29) is 11.8 Å². The van der Waals surface area contributed by atoms with E-state index in [1.165, 1.54) is 25.7 Å². The lowest BCUT2D eigenvalue weighted by Crippen LogP contribution is -2.47. The van der Waals surface area contributed by atoms with E-state index in [0.29, 0.717) is 25.0 Å². The first kappa shape index (κ1) is 14.9. The Morgan fingerprint density at radius 1 is 1.00 bits per heavy atom. The Hall–Kier alpha value is -0.650. The molecular formula is C17H28N2O3. The van der Waals surface area contributed by atoms with E-state index in [0.717, 1.165) is 45.1 Å². The van der Waals surface area contributed by atoms with Gasteiger partial charge < -0.3 is 4.74 Å². The Kier molecular flexibility index (Phi) is 4.38. The third kappa shape index (κ3) is 2.79. The Morgan fingerprint density at radius 3 is 2.64 bits per heavy atom. The van der Waals surface area contributed by atoms with Gasteiger partial charge in [-0.15, -0.1) is 0 Å². The van der Waals surface area contributed by atoms with E-state index < -0.39 is 0 Å². The molecule has 1 amide bonds. The van der Waals surface area contributed by atoms with Crippen LogP contribution in [0.5, 0.6) is 0 Å². The van der Waals surface area contributed by atoms with Gasteiger partial charge in [-0.3, -0.25) is 14.5 Å². The van der Waals surface area contributed by atoms with E-state index in [2.05, 4.69) is 4.90 Å². The Bertz CT molecular complexity index is 405. The van der Waals surface area contributed by atoms with Crippen LogP contribution in [0.4, 0.5) is 0 Å². The molecular weight excluding hydrogens is 280 g/mol. The number of nitrogens with zero attached hydrogens (tertiary/aromatic N) is 2. The van der Waals surface area contributed by atoms with Gasteiger partial charge in [-0.1, -0.05) is 12.8 Å². The van der Waals surface area contributed by atoms with Crippen LogP contribution in [-0.4, -0.2) is 61.4 Å². The molecule has 124 valence electrons. The van der Waals surface area contributed by atoms with Crippen LogP contribution >= 0.6 is 0 Å². The van der Waals surface area contributed by atoms with Gasteiger partial charge in [0.15, 0.2) is 0 Å². The number of hydrogen-bond acceptors (Lipinski definition) is 4. The summed E-state index contributed by atoms with van der Waals surface area (Å²) in [6, 6.07) is 0.757. The molecule has 5 heteroatoms. The molecule has 4 aliphatic rings. The molecule has 3 atom stereocenters. The van der Waals surface area contributed by atoms with E-state index >= 15 is 0 Å². The zero-order chi connectivity index (χ0) is 14.9. The minimum Gasteiger partial charge on any atom is -0.380 e. The fraction of sp³-hybridized carbons (Fsp3) is 0.941. The van der Waals surface area contributed by atoms with Crippen molar-refractivity contribution in [3.8, 4) is 0 Å². The first-order valence-electron chi connectivity index (χ1n) is 9.09. The summed E-state index contributed by atoms with van der Waals surface area (Å²) in [5.41, 5.74) is 0. The zero-order valence-electron chi connectivity index (χ0n) is 13.4. The quantitative estimate of drug-likeness (QED) is 0.778. The molecule has 1 saturated carbocycles. The molecule has 3 saturated heterocycles. The summed E-state index contributed by atoms with van der Waals surface area (Å²) in [5.74, 6) is 1.17. The van der Waals surface area contributed by atoms with Crippen molar-refractivity contribution in [2.24, 2.45) is 17.8 Å². The van der Waals surface area contributed by atoms with Gasteiger partial charge in [0.05, 0.1) is 25.7 Å². The molecule has 4 rings (SSSR count). The van der Waals surface area contributed by atoms with Crippen LogP contribution in [0.25, 0.3) is 0 Å². The van der Waals surface area contributed by atoms with Crippen LogP contribution in [0.15, 0.2) is 0 Å². The molecule has 4 fully saturated rings. The lowest BCUT2D eigenvalue weighted by Gasteiger charge is -2.36. The molecule has 0 aromatic rings. The lowest BCUT2D eigenvalue weighted by atomic mass is 9.82. The van der Waals surface area contributed by atoms with Crippen molar-refractivity contribution in [3.05, 3.63) is 0 Å². The van der Waals surface area contributed by atoms with Gasteiger partial charge in [0.25, 0.3) is 5.91 Å². The van der Waals surface area contributed by atoms with E-state index in [1.807, 2.05) is 0 Å². The fourth-order valence-electron chi connectivity index (χ4n) is 4.81. The summed E-state index contributed by atoms with van der Waals surface area (Å²) in [7, 11) is 0. The molecule has 0 aromatic heterocycles. The second kappa shape index (κ2) is 6.46. The van der Waals surface area contributed by atoms with Crippen LogP contribution in [-0.2, 0) is 14.4 Å². The minimum atomic E-state index is 0.00301. The average Bonchev–Trinajstić information content (AvgIpc) is 3.23. The zero-order valence-corrected chi connectivity index (χ0v) is 13.4. The predicted molar refractivity (Wildman–Crippen MR) is 82.0 cm³/mol. The highest BCUT2D eigenvalue weighted by Gasteiger charge is 2.46. The van der Waals surface area contributed by atoms with Crippen molar-refractivity contribution < 1.29 is 14.4 Å². The number of carbonyl (C=O) groups excluding carboxylic acids is 1. The summed E-state index contributed by atoms with van der Waals surface area (Å²) in [6.07, 6.45) is 7.55. The van der Waals surface area contributed by atoms with Gasteiger partial charge in [-0.2, -0.15) is 0 Å². The van der Waals surface area contributed by atoms with E-state index in [9.17, 15) is 4.79 Å². The Balaban J connectivity index is 1.43. The van der Waals surface area contributed by atoms with E-state index in [4.69, 9.17) is 9.57 Å². The third-order valence-electron chi connectivity index (χ3n) is 6.07. The molecule has 0 spiro atoms. The number of hydroxylamine groups is 2. The molecule has 5 nitrogen and oxygen atoms in total. The maximum Gasteiger partial charge on any atom is 0.251 e. The molecule has 0 bridgehead atoms. The summed E-state index contributed by atoms with van der Waals surface area (Å²) in [5, 5.41) is 1.62. The first-order chi connectivity index (χ1) is 10.8. The van der Waals surface area contributed by atoms with Crippen molar-refractivity contribution in [1.82, 2.24) is 9.96 Å². The predicted octanol–water partition coefficient (Wildman–Crippen LogP) is 1.68. The summed E-state index contributed by atoms with van der Waals surface area (Å²) in [4.78, 5) is 21.1. The van der Waals surface area contributed by atoms with Gasteiger partial charge in [0.1, 0.15) is 0 Å². The summed E-state index contributed by atoms with van der Waals surface area (Å²) < 4.78 is 5.79. The molecule has 22 heavy (non-hydrogen) atoms. The highest BCUT2D eigenvalue weighted by Crippen LogP contribution is 2.38. The molecule has 0 radical (unpaired) electrons. The van der Waals surface area contributed by atoms with Crippen molar-refractivity contribution in [1.29, 1.82) is 0 Å². The largest absolute Gasteiger partial charge is 0.380 e. The minimum absolute atomic E-state index is 0.00301. The van der Waals surface area contributed by atoms with Crippen molar-refractivity contribution in [2.45, 2.75) is 44.6 Å². The second-order valence-electron chi connectivity index (χ2n) is 7.44. The number of rotatable bonds is 2. The molecule has 0 unspecified atom stereocenters. The number of likely N-dealkylation sites (tertiary alicyclic amines) is 1. The van der Waals surface area contributed by atoms with Gasteiger partial charge in [0, 0.05) is 25.7 Å². The van der Waals surface area contributed by atoms with Crippen LogP contribution in [0, 0.1) is 17.8 Å². The molecule has 0 N–H and O–H groups in total. The number of fused-ring (bicyclic) bond motifs is 1. The van der Waals surface area contributed by atoms with E-state index in [1.54, 1.807) is 5.06 Å². The smallest absolute Gasteiger partial charge is 0.251 e. The average molecular weight is 308 g/mol. The number of amides is 1. The molecule has 1 aliphatic carbocycles. The van der Waals surface area contributed by atoms with Crippen molar-refractivity contribution >= 4 is 5.91 Å². The van der Waals surface area contributed by atoms with Gasteiger partial charge in [-0.05, 0) is 37.5 Å².